The van der Waals surface area contributed by atoms with Crippen molar-refractivity contribution >= 4 is 0 Å². The first-order valence-corrected chi connectivity index (χ1v) is 8.31. The van der Waals surface area contributed by atoms with Crippen LogP contribution in [-0.2, 0) is 15.8 Å². The number of pyridine rings is 1. The van der Waals surface area contributed by atoms with Gasteiger partial charge in [-0.25, -0.2) is 0 Å². The molecule has 1 aromatic rings. The van der Waals surface area contributed by atoms with Crippen molar-refractivity contribution in [1.82, 2.24) is 4.98 Å². The molecule has 1 unspecified atom stereocenters. The highest BCUT2D eigenvalue weighted by Crippen LogP contribution is 2.45. The third-order valence-electron chi connectivity index (χ3n) is 4.63. The first kappa shape index (κ1) is 18.2. The van der Waals surface area contributed by atoms with Crippen molar-refractivity contribution < 1.29 is 4.74 Å². The lowest BCUT2D eigenvalue weighted by molar-refractivity contribution is -0.103. The Morgan fingerprint density at radius 2 is 1.76 bits per heavy atom. The summed E-state index contributed by atoms with van der Waals surface area (Å²) < 4.78 is 6.21. The molecule has 0 aromatic carbocycles. The zero-order valence-corrected chi connectivity index (χ0v) is 15.2. The fraction of sp³-hybridized carbons (Fsp3) is 0.737. The molecule has 0 bridgehead atoms. The summed E-state index contributed by atoms with van der Waals surface area (Å²) in [5.41, 5.74) is 3.60. The van der Waals surface area contributed by atoms with Gasteiger partial charge in [0.2, 0.25) is 0 Å². The summed E-state index contributed by atoms with van der Waals surface area (Å²) in [4.78, 5) is 4.63. The first-order valence-electron chi connectivity index (χ1n) is 8.31. The molecule has 2 heteroatoms. The maximum absolute atomic E-state index is 6.21. The molecule has 1 aliphatic heterocycles. The van der Waals surface area contributed by atoms with Gasteiger partial charge in [-0.15, -0.1) is 0 Å². The number of fused-ring (bicyclic) bond motifs is 1. The molecule has 0 N–H and O–H groups in total. The predicted octanol–water partition coefficient (Wildman–Crippen LogP) is 5.38. The van der Waals surface area contributed by atoms with Crippen LogP contribution in [-0.4, -0.2) is 11.6 Å². The molecule has 0 spiro atoms. The topological polar surface area (TPSA) is 22.1 Å². The molecule has 1 atom stereocenters. The lowest BCUT2D eigenvalue weighted by Gasteiger charge is -2.45. The molecule has 21 heavy (non-hydrogen) atoms. The Morgan fingerprint density at radius 3 is 2.24 bits per heavy atom. The maximum atomic E-state index is 6.21. The lowest BCUT2D eigenvalue weighted by atomic mass is 9.73. The second kappa shape index (κ2) is 6.91. The Kier molecular flexibility index (Phi) is 5.98. The van der Waals surface area contributed by atoms with Gasteiger partial charge in [0, 0.05) is 17.2 Å². The van der Waals surface area contributed by atoms with E-state index in [1.165, 1.54) is 29.7 Å². The number of rotatable bonds is 2. The van der Waals surface area contributed by atoms with E-state index < -0.39 is 0 Å². The van der Waals surface area contributed by atoms with Crippen molar-refractivity contribution in [2.24, 2.45) is 5.92 Å². The molecule has 0 saturated carbocycles. The highest BCUT2D eigenvalue weighted by Gasteiger charge is 2.44. The number of hydrogen-bond acceptors (Lipinski definition) is 2. The summed E-state index contributed by atoms with van der Waals surface area (Å²) in [5, 5.41) is 0. The van der Waals surface area contributed by atoms with Gasteiger partial charge < -0.3 is 4.74 Å². The molecule has 0 radical (unpaired) electrons. The van der Waals surface area contributed by atoms with Crippen molar-refractivity contribution in [3.05, 3.63) is 29.1 Å². The Morgan fingerprint density at radius 1 is 1.19 bits per heavy atom. The molecule has 0 amide bonds. The van der Waals surface area contributed by atoms with Crippen LogP contribution in [0.4, 0.5) is 0 Å². The van der Waals surface area contributed by atoms with E-state index in [-0.39, 0.29) is 11.0 Å². The number of aromatic nitrogens is 1. The van der Waals surface area contributed by atoms with E-state index in [1.807, 2.05) is 6.20 Å². The molecular formula is C19H33NO. The molecule has 0 fully saturated rings. The molecule has 2 rings (SSSR count). The third kappa shape index (κ3) is 3.66. The standard InChI is InChI=1S/C15H23NO.C4H10/c1-10(2)15(6)12-11(3)7-8-16-13(12)14(4,5)9-17-15;1-3-4-2/h7-8,10H,9H2,1-6H3;3-4H2,1-2H3. The minimum Gasteiger partial charge on any atom is -0.369 e. The van der Waals surface area contributed by atoms with Crippen LogP contribution in [0.2, 0.25) is 0 Å². The minimum absolute atomic E-state index is 0.00968. The molecule has 120 valence electrons. The molecule has 0 aliphatic carbocycles. The predicted molar refractivity (Wildman–Crippen MR) is 90.7 cm³/mol. The Bertz CT molecular complexity index is 463. The second-order valence-corrected chi connectivity index (χ2v) is 7.29. The summed E-state index contributed by atoms with van der Waals surface area (Å²) in [7, 11) is 0. The summed E-state index contributed by atoms with van der Waals surface area (Å²) in [5.74, 6) is 0.445. The zero-order chi connectivity index (χ0) is 16.3. The Hall–Kier alpha value is -0.890. The first-order chi connectivity index (χ1) is 9.70. The quantitative estimate of drug-likeness (QED) is 0.730. The summed E-state index contributed by atoms with van der Waals surface area (Å²) >= 11 is 0. The highest BCUT2D eigenvalue weighted by atomic mass is 16.5. The normalized spacial score (nSPS) is 23.3. The van der Waals surface area contributed by atoms with Crippen molar-refractivity contribution in [2.75, 3.05) is 6.61 Å². The van der Waals surface area contributed by atoms with Gasteiger partial charge in [0.1, 0.15) is 0 Å². The molecular weight excluding hydrogens is 258 g/mol. The number of aryl methyl sites for hydroxylation is 1. The zero-order valence-electron chi connectivity index (χ0n) is 15.2. The van der Waals surface area contributed by atoms with E-state index in [1.54, 1.807) is 0 Å². The largest absolute Gasteiger partial charge is 0.369 e. The van der Waals surface area contributed by atoms with Crippen LogP contribution in [0.1, 0.15) is 78.1 Å². The fourth-order valence-electron chi connectivity index (χ4n) is 2.62. The molecule has 2 heterocycles. The van der Waals surface area contributed by atoms with E-state index in [4.69, 9.17) is 4.74 Å². The van der Waals surface area contributed by atoms with Crippen LogP contribution in [0.3, 0.4) is 0 Å². The smallest absolute Gasteiger partial charge is 0.0946 e. The molecule has 2 nitrogen and oxygen atoms in total. The van der Waals surface area contributed by atoms with E-state index in [2.05, 4.69) is 66.4 Å². The van der Waals surface area contributed by atoms with Crippen LogP contribution in [0.25, 0.3) is 0 Å². The van der Waals surface area contributed by atoms with Crippen LogP contribution in [0, 0.1) is 12.8 Å². The number of ether oxygens (including phenoxy) is 1. The van der Waals surface area contributed by atoms with Crippen LogP contribution in [0.5, 0.6) is 0 Å². The van der Waals surface area contributed by atoms with Gasteiger partial charge in [-0.2, -0.15) is 0 Å². The number of unbranched alkanes of at least 4 members (excludes halogenated alkanes) is 1. The monoisotopic (exact) mass is 291 g/mol. The van der Waals surface area contributed by atoms with E-state index in [0.29, 0.717) is 5.92 Å². The average Bonchev–Trinajstić information content (AvgIpc) is 2.43. The van der Waals surface area contributed by atoms with Crippen LogP contribution in [0.15, 0.2) is 12.3 Å². The summed E-state index contributed by atoms with van der Waals surface area (Å²) in [6.45, 7) is 18.3. The number of nitrogens with zero attached hydrogens (tertiary/aromatic N) is 1. The van der Waals surface area contributed by atoms with E-state index >= 15 is 0 Å². The van der Waals surface area contributed by atoms with Crippen molar-refractivity contribution in [3.63, 3.8) is 0 Å². The van der Waals surface area contributed by atoms with Gasteiger partial charge in [-0.1, -0.05) is 54.4 Å². The average molecular weight is 291 g/mol. The molecule has 1 aromatic heterocycles. The van der Waals surface area contributed by atoms with Crippen LogP contribution >= 0.6 is 0 Å². The van der Waals surface area contributed by atoms with Gasteiger partial charge in [-0.3, -0.25) is 4.98 Å². The van der Waals surface area contributed by atoms with Gasteiger partial charge in [0.05, 0.1) is 17.9 Å². The van der Waals surface area contributed by atoms with Crippen LogP contribution < -0.4 is 0 Å². The Labute approximate surface area is 131 Å². The van der Waals surface area contributed by atoms with Crippen molar-refractivity contribution in [3.8, 4) is 0 Å². The SMILES string of the molecule is CCCC.Cc1ccnc2c1C(C)(C(C)C)OCC2(C)C. The van der Waals surface area contributed by atoms with Gasteiger partial charge >= 0.3 is 0 Å². The van der Waals surface area contributed by atoms with Gasteiger partial charge in [0.15, 0.2) is 0 Å². The second-order valence-electron chi connectivity index (χ2n) is 7.29. The summed E-state index contributed by atoms with van der Waals surface area (Å²) in [6.07, 6.45) is 4.56. The van der Waals surface area contributed by atoms with Crippen molar-refractivity contribution in [2.45, 2.75) is 79.2 Å². The minimum atomic E-state index is -0.205. The lowest BCUT2D eigenvalue weighted by Crippen LogP contribution is -2.45. The molecule has 1 aliphatic rings. The van der Waals surface area contributed by atoms with Gasteiger partial charge in [-0.05, 0) is 31.4 Å². The van der Waals surface area contributed by atoms with E-state index in [9.17, 15) is 0 Å². The van der Waals surface area contributed by atoms with Gasteiger partial charge in [0.25, 0.3) is 0 Å². The maximum Gasteiger partial charge on any atom is 0.0946 e. The van der Waals surface area contributed by atoms with E-state index in [0.717, 1.165) is 6.61 Å². The summed E-state index contributed by atoms with van der Waals surface area (Å²) in [6, 6.07) is 2.09. The fourth-order valence-corrected chi connectivity index (χ4v) is 2.62. The van der Waals surface area contributed by atoms with Crippen molar-refractivity contribution in [1.29, 1.82) is 0 Å². The highest BCUT2D eigenvalue weighted by molar-refractivity contribution is 5.40. The third-order valence-corrected chi connectivity index (χ3v) is 4.63. The molecule has 0 saturated heterocycles. The Balaban J connectivity index is 0.000000491. The number of hydrogen-bond donors (Lipinski definition) is 0.